The summed E-state index contributed by atoms with van der Waals surface area (Å²) in [5.74, 6) is 0.202. The van der Waals surface area contributed by atoms with Gasteiger partial charge in [0, 0.05) is 6.42 Å². The number of hydrogen-bond donors (Lipinski definition) is 4. The van der Waals surface area contributed by atoms with Crippen LogP contribution in [0.5, 0.6) is 0 Å². The average molecular weight is 476 g/mol. The van der Waals surface area contributed by atoms with E-state index in [-0.39, 0.29) is 43.2 Å². The number of ether oxygens (including phenoxy) is 2. The SMILES string of the molecule is CC(C)C.CCOC(=O)CNP(O)OCC1CC(O)C(n2cnc3c(N)nc(F)nc32)O1. The van der Waals surface area contributed by atoms with Crippen LogP contribution >= 0.6 is 8.53 Å². The number of rotatable bonds is 8. The van der Waals surface area contributed by atoms with Crippen molar-refractivity contribution in [3.8, 4) is 0 Å². The molecule has 2 aromatic heterocycles. The first-order chi connectivity index (χ1) is 15.1. The van der Waals surface area contributed by atoms with Crippen molar-refractivity contribution in [1.29, 1.82) is 0 Å². The number of nitrogen functional groups attached to an aromatic ring is 1. The topological polar surface area (TPSA) is 167 Å². The number of imidazole rings is 1. The van der Waals surface area contributed by atoms with Gasteiger partial charge >= 0.3 is 12.0 Å². The number of aliphatic hydroxyl groups is 1. The number of esters is 1. The van der Waals surface area contributed by atoms with E-state index in [0.29, 0.717) is 0 Å². The Morgan fingerprint density at radius 2 is 2.16 bits per heavy atom. The molecule has 32 heavy (non-hydrogen) atoms. The molecule has 1 fully saturated rings. The smallest absolute Gasteiger partial charge is 0.320 e. The zero-order valence-corrected chi connectivity index (χ0v) is 19.3. The number of fused-ring (bicyclic) bond motifs is 1. The van der Waals surface area contributed by atoms with Gasteiger partial charge < -0.3 is 29.7 Å². The van der Waals surface area contributed by atoms with Gasteiger partial charge in [-0.05, 0) is 12.8 Å². The van der Waals surface area contributed by atoms with Crippen molar-refractivity contribution in [2.45, 2.75) is 52.6 Å². The molecule has 12 nitrogen and oxygen atoms in total. The minimum atomic E-state index is -2.07. The Kier molecular flexibility index (Phi) is 10.1. The fourth-order valence-corrected chi connectivity index (χ4v) is 3.39. The Hall–Kier alpha value is -2.02. The largest absolute Gasteiger partial charge is 0.465 e. The number of aliphatic hydroxyl groups excluding tert-OH is 1. The number of aromatic nitrogens is 4. The molecule has 1 aliphatic rings. The predicted molar refractivity (Wildman–Crippen MR) is 114 cm³/mol. The lowest BCUT2D eigenvalue weighted by Gasteiger charge is -2.17. The number of nitrogens with zero attached hydrogens (tertiary/aromatic N) is 4. The maximum atomic E-state index is 13.5. The van der Waals surface area contributed by atoms with Gasteiger partial charge in [0.2, 0.25) is 0 Å². The highest BCUT2D eigenvalue weighted by Crippen LogP contribution is 2.34. The van der Waals surface area contributed by atoms with Crippen LogP contribution in [0.3, 0.4) is 0 Å². The summed E-state index contributed by atoms with van der Waals surface area (Å²) in [4.78, 5) is 32.1. The lowest BCUT2D eigenvalue weighted by Crippen LogP contribution is -2.23. The number of halogens is 1. The van der Waals surface area contributed by atoms with Gasteiger partial charge in [0.1, 0.15) is 12.6 Å². The van der Waals surface area contributed by atoms with E-state index < -0.39 is 39.0 Å². The standard InChI is InChI=1S/C14H20FN6O6P.C4H10/c1-2-25-9(23)4-18-28(24)26-5-7-3-8(22)13(27-7)21-6-17-10-11(16)19-14(15)20-12(10)21;1-4(2)3/h6-8,13,18,22,24H,2-5H2,1H3,(H2,16,19,20);4H,1-3H3. The normalized spacial score (nSPS) is 21.4. The molecule has 0 amide bonds. The van der Waals surface area contributed by atoms with Crippen LogP contribution < -0.4 is 10.8 Å². The molecule has 0 spiro atoms. The fraction of sp³-hybridized carbons (Fsp3) is 0.667. The van der Waals surface area contributed by atoms with E-state index in [1.165, 1.54) is 10.9 Å². The summed E-state index contributed by atoms with van der Waals surface area (Å²) in [7, 11) is -2.07. The van der Waals surface area contributed by atoms with Crippen LogP contribution in [0.15, 0.2) is 6.33 Å². The summed E-state index contributed by atoms with van der Waals surface area (Å²) in [5.41, 5.74) is 5.91. The molecule has 5 N–H and O–H groups in total. The number of carbonyl (C=O) groups excluding carboxylic acids is 1. The van der Waals surface area contributed by atoms with Gasteiger partial charge in [-0.3, -0.25) is 9.36 Å². The number of hydrogen-bond acceptors (Lipinski definition) is 11. The van der Waals surface area contributed by atoms with Crippen LogP contribution in [-0.4, -0.2) is 67.5 Å². The molecule has 14 heteroatoms. The van der Waals surface area contributed by atoms with E-state index in [2.05, 4.69) is 40.8 Å². The van der Waals surface area contributed by atoms with Crippen molar-refractivity contribution >= 4 is 31.5 Å². The molecule has 4 unspecified atom stereocenters. The van der Waals surface area contributed by atoms with Gasteiger partial charge in [0.05, 0.1) is 25.6 Å². The second-order valence-electron chi connectivity index (χ2n) is 7.59. The molecular formula is C18H30FN6O6P. The average Bonchev–Trinajstić information content (AvgIpc) is 3.27. The Labute approximate surface area is 186 Å². The quantitative estimate of drug-likeness (QED) is 0.246. The number of anilines is 1. The van der Waals surface area contributed by atoms with Crippen LogP contribution in [0.4, 0.5) is 10.2 Å². The molecular weight excluding hydrogens is 446 g/mol. The minimum Gasteiger partial charge on any atom is -0.465 e. The van der Waals surface area contributed by atoms with Crippen LogP contribution in [0.2, 0.25) is 0 Å². The van der Waals surface area contributed by atoms with Crippen molar-refractivity contribution in [2.24, 2.45) is 5.92 Å². The summed E-state index contributed by atoms with van der Waals surface area (Å²) in [6.07, 6.45) is -1.87. The second-order valence-corrected chi connectivity index (χ2v) is 8.71. The Bertz CT molecular complexity index is 884. The first-order valence-electron chi connectivity index (χ1n) is 10.1. The molecule has 1 saturated heterocycles. The summed E-state index contributed by atoms with van der Waals surface area (Å²) >= 11 is 0. The lowest BCUT2D eigenvalue weighted by atomic mass is 10.2. The molecule has 3 rings (SSSR count). The summed E-state index contributed by atoms with van der Waals surface area (Å²) in [6.45, 7) is 8.18. The number of carbonyl (C=O) groups is 1. The minimum absolute atomic E-state index is 0.0380. The molecule has 3 heterocycles. The summed E-state index contributed by atoms with van der Waals surface area (Å²) < 4.78 is 30.5. The molecule has 0 aromatic carbocycles. The third-order valence-corrected chi connectivity index (χ3v) is 4.73. The van der Waals surface area contributed by atoms with E-state index in [1.54, 1.807) is 6.92 Å². The second kappa shape index (κ2) is 12.3. The van der Waals surface area contributed by atoms with Crippen molar-refractivity contribution in [3.05, 3.63) is 12.4 Å². The molecule has 0 radical (unpaired) electrons. The first kappa shape index (κ1) is 26.2. The summed E-state index contributed by atoms with van der Waals surface area (Å²) in [5, 5.41) is 12.8. The van der Waals surface area contributed by atoms with Gasteiger partial charge in [0.25, 0.3) is 8.53 Å². The lowest BCUT2D eigenvalue weighted by molar-refractivity contribution is -0.141. The Balaban J connectivity index is 0.000000837. The highest BCUT2D eigenvalue weighted by Gasteiger charge is 2.37. The fourth-order valence-electron chi connectivity index (χ4n) is 2.73. The van der Waals surface area contributed by atoms with Gasteiger partial charge in [0.15, 0.2) is 23.2 Å². The zero-order chi connectivity index (χ0) is 23.8. The Morgan fingerprint density at radius 1 is 1.47 bits per heavy atom. The maximum absolute atomic E-state index is 13.5. The number of nitrogens with one attached hydrogen (secondary N) is 1. The van der Waals surface area contributed by atoms with Crippen molar-refractivity contribution in [2.75, 3.05) is 25.5 Å². The van der Waals surface area contributed by atoms with E-state index in [0.717, 1.165) is 5.92 Å². The highest BCUT2D eigenvalue weighted by molar-refractivity contribution is 7.43. The third kappa shape index (κ3) is 7.54. The number of nitrogens with two attached hydrogens (primary N) is 1. The molecule has 180 valence electrons. The van der Waals surface area contributed by atoms with Gasteiger partial charge in [-0.1, -0.05) is 20.8 Å². The van der Waals surface area contributed by atoms with Crippen LogP contribution in [0.25, 0.3) is 11.2 Å². The molecule has 2 aromatic rings. The molecule has 0 bridgehead atoms. The molecule has 4 atom stereocenters. The van der Waals surface area contributed by atoms with Gasteiger partial charge in [-0.25, -0.2) is 10.1 Å². The summed E-state index contributed by atoms with van der Waals surface area (Å²) in [6, 6.07) is 0. The van der Waals surface area contributed by atoms with Gasteiger partial charge in [-0.15, -0.1) is 0 Å². The highest BCUT2D eigenvalue weighted by atomic mass is 31.2. The third-order valence-electron chi connectivity index (χ3n) is 3.91. The monoisotopic (exact) mass is 476 g/mol. The predicted octanol–water partition coefficient (Wildman–Crippen LogP) is 1.25. The first-order valence-corrected chi connectivity index (χ1v) is 11.3. The van der Waals surface area contributed by atoms with Crippen molar-refractivity contribution < 1.29 is 33.2 Å². The maximum Gasteiger partial charge on any atom is 0.320 e. The zero-order valence-electron chi connectivity index (χ0n) is 18.4. The van der Waals surface area contributed by atoms with E-state index in [1.807, 2.05) is 0 Å². The van der Waals surface area contributed by atoms with Gasteiger partial charge in [-0.2, -0.15) is 14.4 Å². The van der Waals surface area contributed by atoms with Crippen molar-refractivity contribution in [3.63, 3.8) is 0 Å². The Morgan fingerprint density at radius 3 is 2.81 bits per heavy atom. The molecule has 1 aliphatic heterocycles. The molecule has 0 aliphatic carbocycles. The van der Waals surface area contributed by atoms with Crippen LogP contribution in [-0.2, 0) is 18.8 Å². The molecule has 0 saturated carbocycles. The van der Waals surface area contributed by atoms with E-state index >= 15 is 0 Å². The van der Waals surface area contributed by atoms with Crippen LogP contribution in [0.1, 0.15) is 40.3 Å². The van der Waals surface area contributed by atoms with E-state index in [9.17, 15) is 19.2 Å². The van der Waals surface area contributed by atoms with Crippen LogP contribution in [0, 0.1) is 12.0 Å². The van der Waals surface area contributed by atoms with E-state index in [4.69, 9.17) is 19.7 Å². The van der Waals surface area contributed by atoms with Crippen molar-refractivity contribution in [1.82, 2.24) is 24.6 Å².